The highest BCUT2D eigenvalue weighted by Crippen LogP contribution is 2.29. The van der Waals surface area contributed by atoms with Crippen molar-refractivity contribution in [2.75, 3.05) is 7.11 Å². The van der Waals surface area contributed by atoms with E-state index in [4.69, 9.17) is 4.74 Å². The molecule has 0 radical (unpaired) electrons. The summed E-state index contributed by atoms with van der Waals surface area (Å²) >= 11 is 0. The fourth-order valence-electron chi connectivity index (χ4n) is 2.74. The average molecular weight is 293 g/mol. The number of H-pyrrole nitrogens is 1. The molecule has 0 saturated carbocycles. The first-order valence-electron chi connectivity index (χ1n) is 7.40. The molecule has 0 aliphatic heterocycles. The summed E-state index contributed by atoms with van der Waals surface area (Å²) in [6.45, 7) is 1.97. The summed E-state index contributed by atoms with van der Waals surface area (Å²) in [6, 6.07) is 15.8. The molecular weight excluding hydrogens is 274 g/mol. The van der Waals surface area contributed by atoms with Crippen molar-refractivity contribution in [3.8, 4) is 5.75 Å². The molecule has 0 amide bonds. The highest BCUT2D eigenvalue weighted by atomic mass is 16.5. The van der Waals surface area contributed by atoms with Crippen molar-refractivity contribution < 1.29 is 9.53 Å². The number of carbonyl (C=O) groups is 1. The van der Waals surface area contributed by atoms with Gasteiger partial charge < -0.3 is 9.72 Å². The quantitative estimate of drug-likeness (QED) is 0.769. The first-order valence-corrected chi connectivity index (χ1v) is 7.40. The lowest BCUT2D eigenvalue weighted by molar-refractivity contribution is -0.119. The van der Waals surface area contributed by atoms with E-state index in [-0.39, 0.29) is 11.7 Å². The minimum Gasteiger partial charge on any atom is -0.497 e. The van der Waals surface area contributed by atoms with Crippen LogP contribution in [0.3, 0.4) is 0 Å². The van der Waals surface area contributed by atoms with Crippen LogP contribution in [-0.4, -0.2) is 17.9 Å². The second kappa shape index (κ2) is 6.06. The van der Waals surface area contributed by atoms with Gasteiger partial charge in [0.15, 0.2) is 0 Å². The van der Waals surface area contributed by atoms with Gasteiger partial charge in [-0.1, -0.05) is 37.3 Å². The molecule has 0 fully saturated rings. The normalized spacial score (nSPS) is 12.3. The van der Waals surface area contributed by atoms with Crippen molar-refractivity contribution in [2.24, 2.45) is 0 Å². The third-order valence-electron chi connectivity index (χ3n) is 4.09. The van der Waals surface area contributed by atoms with E-state index >= 15 is 0 Å². The van der Waals surface area contributed by atoms with Crippen LogP contribution in [0.15, 0.2) is 54.7 Å². The zero-order valence-electron chi connectivity index (χ0n) is 12.8. The van der Waals surface area contributed by atoms with Gasteiger partial charge in [0.25, 0.3) is 0 Å². The molecule has 3 heteroatoms. The van der Waals surface area contributed by atoms with Gasteiger partial charge in [0.05, 0.1) is 7.11 Å². The Morgan fingerprint density at radius 1 is 1.18 bits per heavy atom. The summed E-state index contributed by atoms with van der Waals surface area (Å²) in [5.41, 5.74) is 3.09. The number of hydrogen-bond acceptors (Lipinski definition) is 2. The van der Waals surface area contributed by atoms with Crippen LogP contribution < -0.4 is 4.74 Å². The van der Waals surface area contributed by atoms with Gasteiger partial charge in [0.2, 0.25) is 0 Å². The van der Waals surface area contributed by atoms with Crippen molar-refractivity contribution in [3.05, 3.63) is 65.9 Å². The molecule has 22 heavy (non-hydrogen) atoms. The molecule has 0 spiro atoms. The number of fused-ring (bicyclic) bond motifs is 1. The van der Waals surface area contributed by atoms with Crippen LogP contribution >= 0.6 is 0 Å². The van der Waals surface area contributed by atoms with Crippen LogP contribution in [0.25, 0.3) is 10.9 Å². The highest BCUT2D eigenvalue weighted by molar-refractivity contribution is 5.94. The number of Topliss-reactive ketones (excluding diaryl/α,β-unsaturated/α-hetero) is 1. The smallest absolute Gasteiger partial charge is 0.144 e. The number of aromatic amines is 1. The predicted molar refractivity (Wildman–Crippen MR) is 88.4 cm³/mol. The Kier molecular flexibility index (Phi) is 3.96. The number of ketones is 1. The SMILES string of the molecule is COc1ccc2c(C(C)C(=O)Cc3ccccc3)c[nH]c2c1. The molecule has 0 bridgehead atoms. The van der Waals surface area contributed by atoms with Crippen LogP contribution in [0.5, 0.6) is 5.75 Å². The van der Waals surface area contributed by atoms with Crippen molar-refractivity contribution in [1.82, 2.24) is 4.98 Å². The lowest BCUT2D eigenvalue weighted by Crippen LogP contribution is -2.11. The third-order valence-corrected chi connectivity index (χ3v) is 4.09. The van der Waals surface area contributed by atoms with Gasteiger partial charge in [0.1, 0.15) is 11.5 Å². The summed E-state index contributed by atoms with van der Waals surface area (Å²) in [6.07, 6.45) is 2.39. The summed E-state index contributed by atoms with van der Waals surface area (Å²) < 4.78 is 5.23. The fourth-order valence-corrected chi connectivity index (χ4v) is 2.74. The Morgan fingerprint density at radius 2 is 1.95 bits per heavy atom. The molecule has 0 aliphatic rings. The van der Waals surface area contributed by atoms with Crippen LogP contribution in [0, 0.1) is 0 Å². The van der Waals surface area contributed by atoms with E-state index in [2.05, 4.69) is 4.98 Å². The number of hydrogen-bond donors (Lipinski definition) is 1. The average Bonchev–Trinajstić information content (AvgIpc) is 2.97. The zero-order valence-corrected chi connectivity index (χ0v) is 12.8. The Bertz CT molecular complexity index is 790. The maximum atomic E-state index is 12.5. The molecular formula is C19H19NO2. The standard InChI is InChI=1S/C19H19NO2/c1-13(19(21)10-14-6-4-3-5-7-14)17-12-20-18-11-15(22-2)8-9-16(17)18/h3-9,11-13,20H,10H2,1-2H3. The molecule has 1 unspecified atom stereocenters. The lowest BCUT2D eigenvalue weighted by Gasteiger charge is -2.10. The van der Waals surface area contributed by atoms with Crippen LogP contribution in [0.1, 0.15) is 24.0 Å². The van der Waals surface area contributed by atoms with Gasteiger partial charge in [-0.05, 0) is 23.3 Å². The van der Waals surface area contributed by atoms with Crippen molar-refractivity contribution in [2.45, 2.75) is 19.3 Å². The zero-order chi connectivity index (χ0) is 15.5. The molecule has 3 aromatic rings. The number of carbonyl (C=O) groups excluding carboxylic acids is 1. The van der Waals surface area contributed by atoms with Crippen molar-refractivity contribution in [1.29, 1.82) is 0 Å². The Balaban J connectivity index is 1.85. The monoisotopic (exact) mass is 293 g/mol. The summed E-state index contributed by atoms with van der Waals surface area (Å²) in [4.78, 5) is 15.8. The van der Waals surface area contributed by atoms with Gasteiger partial charge in [-0.25, -0.2) is 0 Å². The topological polar surface area (TPSA) is 42.1 Å². The molecule has 1 atom stereocenters. The molecule has 3 nitrogen and oxygen atoms in total. The second-order valence-corrected chi connectivity index (χ2v) is 5.51. The summed E-state index contributed by atoms with van der Waals surface area (Å²) in [5, 5.41) is 1.08. The van der Waals surface area contributed by atoms with Gasteiger partial charge >= 0.3 is 0 Å². The van der Waals surface area contributed by atoms with Crippen LogP contribution in [0.4, 0.5) is 0 Å². The Morgan fingerprint density at radius 3 is 2.68 bits per heavy atom. The largest absolute Gasteiger partial charge is 0.497 e. The number of aromatic nitrogens is 1. The van der Waals surface area contributed by atoms with E-state index in [0.717, 1.165) is 27.8 Å². The Hall–Kier alpha value is -2.55. The van der Waals surface area contributed by atoms with Crippen molar-refractivity contribution >= 4 is 16.7 Å². The van der Waals surface area contributed by atoms with Gasteiger partial charge in [-0.15, -0.1) is 0 Å². The van der Waals surface area contributed by atoms with E-state index in [1.54, 1.807) is 7.11 Å². The van der Waals surface area contributed by atoms with Crippen LogP contribution in [-0.2, 0) is 11.2 Å². The number of benzene rings is 2. The van der Waals surface area contributed by atoms with E-state index in [9.17, 15) is 4.79 Å². The lowest BCUT2D eigenvalue weighted by atomic mass is 9.92. The predicted octanol–water partition coefficient (Wildman–Crippen LogP) is 4.09. The van der Waals surface area contributed by atoms with E-state index in [0.29, 0.717) is 6.42 Å². The third kappa shape index (κ3) is 2.75. The highest BCUT2D eigenvalue weighted by Gasteiger charge is 2.19. The molecule has 3 rings (SSSR count). The second-order valence-electron chi connectivity index (χ2n) is 5.51. The number of nitrogens with one attached hydrogen (secondary N) is 1. The van der Waals surface area contributed by atoms with E-state index < -0.39 is 0 Å². The number of ether oxygens (including phenoxy) is 1. The molecule has 0 aliphatic carbocycles. The summed E-state index contributed by atoms with van der Waals surface area (Å²) in [7, 11) is 1.65. The molecule has 1 N–H and O–H groups in total. The van der Waals surface area contributed by atoms with E-state index in [1.165, 1.54) is 0 Å². The summed E-state index contributed by atoms with van der Waals surface area (Å²) in [5.74, 6) is 0.898. The van der Waals surface area contributed by atoms with Gasteiger partial charge in [-0.3, -0.25) is 4.79 Å². The Labute approximate surface area is 129 Å². The van der Waals surface area contributed by atoms with Crippen LogP contribution in [0.2, 0.25) is 0 Å². The molecule has 1 heterocycles. The number of methoxy groups -OCH3 is 1. The fraction of sp³-hybridized carbons (Fsp3) is 0.211. The van der Waals surface area contributed by atoms with Gasteiger partial charge in [0, 0.05) is 35.5 Å². The van der Waals surface area contributed by atoms with E-state index in [1.807, 2.05) is 61.7 Å². The first-order chi connectivity index (χ1) is 10.7. The maximum absolute atomic E-state index is 12.5. The molecule has 1 aromatic heterocycles. The van der Waals surface area contributed by atoms with Gasteiger partial charge in [-0.2, -0.15) is 0 Å². The molecule has 112 valence electrons. The first kappa shape index (κ1) is 14.4. The minimum atomic E-state index is -0.137. The minimum absolute atomic E-state index is 0.137. The maximum Gasteiger partial charge on any atom is 0.144 e. The molecule has 2 aromatic carbocycles. The number of rotatable bonds is 5. The van der Waals surface area contributed by atoms with Crippen molar-refractivity contribution in [3.63, 3.8) is 0 Å². The molecule has 0 saturated heterocycles.